The van der Waals surface area contributed by atoms with Crippen LogP contribution in [-0.2, 0) is 24.2 Å². The summed E-state index contributed by atoms with van der Waals surface area (Å²) in [5.41, 5.74) is 0.144. The Morgan fingerprint density at radius 2 is 2.18 bits per heavy atom. The molecule has 1 saturated heterocycles. The first kappa shape index (κ1) is 19.4. The summed E-state index contributed by atoms with van der Waals surface area (Å²) in [7, 11) is -2.30. The normalized spacial score (nSPS) is 24.0. The Balaban J connectivity index is 0.00000242. The molecular weight excluding hydrogens is 329 g/mol. The molecule has 10 nitrogen and oxygen atoms in total. The summed E-state index contributed by atoms with van der Waals surface area (Å²) in [5.74, 6) is -0.493. The van der Waals surface area contributed by atoms with Crippen molar-refractivity contribution in [3.05, 3.63) is 11.6 Å². The molecule has 0 unspecified atom stereocenters. The summed E-state index contributed by atoms with van der Waals surface area (Å²) in [4.78, 5) is 25.2. The van der Waals surface area contributed by atoms with E-state index in [0.29, 0.717) is 5.06 Å². The molecule has 0 radical (unpaired) electrons. The SMILES string of the molecule is CNC(=O)C1=C[C@@H](COC)N2C[C@H]1N(OS(=O)(=O)[O-])C2=O.[Na+]. The van der Waals surface area contributed by atoms with E-state index in [4.69, 9.17) is 4.74 Å². The average molecular weight is 343 g/mol. The van der Waals surface area contributed by atoms with Gasteiger partial charge in [-0.15, -0.1) is 0 Å². The van der Waals surface area contributed by atoms with Crippen molar-refractivity contribution in [2.45, 2.75) is 12.1 Å². The second-order valence-corrected chi connectivity index (χ2v) is 5.45. The molecule has 2 bridgehead atoms. The number of ether oxygens (including phenoxy) is 1. The molecule has 3 amide bonds. The predicted molar refractivity (Wildman–Crippen MR) is 66.3 cm³/mol. The molecule has 1 fully saturated rings. The Kier molecular flexibility index (Phi) is 6.38. The number of urea groups is 1. The number of amides is 3. The number of carbonyl (C=O) groups is 2. The van der Waals surface area contributed by atoms with Gasteiger partial charge in [-0.3, -0.25) is 4.79 Å². The van der Waals surface area contributed by atoms with Crippen molar-refractivity contribution in [3.63, 3.8) is 0 Å². The molecule has 118 valence electrons. The van der Waals surface area contributed by atoms with Crippen LogP contribution in [0.2, 0.25) is 0 Å². The summed E-state index contributed by atoms with van der Waals surface area (Å²) in [6.45, 7) is 0.151. The van der Waals surface area contributed by atoms with Gasteiger partial charge in [-0.25, -0.2) is 13.2 Å². The van der Waals surface area contributed by atoms with E-state index in [0.717, 1.165) is 0 Å². The monoisotopic (exact) mass is 343 g/mol. The molecule has 0 aliphatic carbocycles. The van der Waals surface area contributed by atoms with Gasteiger partial charge in [0, 0.05) is 19.7 Å². The molecule has 0 aromatic heterocycles. The standard InChI is InChI=1S/C10H15N3O7S.Na/c1-11-9(14)7-3-6(5-19-2)12-4-8(7)13(10(12)15)20-21(16,17)18;/h3,6,8H,4-5H2,1-2H3,(H,11,14)(H,16,17,18);/q;+1/p-1/t6-,8+;/m0./s1. The minimum atomic E-state index is -5.13. The van der Waals surface area contributed by atoms with Crippen LogP contribution in [0.5, 0.6) is 0 Å². The number of hydroxylamine groups is 2. The van der Waals surface area contributed by atoms with Crippen LogP contribution in [0.25, 0.3) is 0 Å². The minimum Gasteiger partial charge on any atom is -0.724 e. The Morgan fingerprint density at radius 3 is 2.68 bits per heavy atom. The van der Waals surface area contributed by atoms with Crippen molar-refractivity contribution in [1.82, 2.24) is 15.3 Å². The molecule has 0 saturated carbocycles. The van der Waals surface area contributed by atoms with Gasteiger partial charge in [-0.1, -0.05) is 0 Å². The number of likely N-dealkylation sites (N-methyl/N-ethyl adjacent to an activating group) is 1. The first-order valence-electron chi connectivity index (χ1n) is 5.96. The minimum absolute atomic E-state index is 0. The maximum atomic E-state index is 12.1. The molecule has 0 spiro atoms. The van der Waals surface area contributed by atoms with Gasteiger partial charge >= 0.3 is 35.6 Å². The number of rotatable bonds is 5. The van der Waals surface area contributed by atoms with Crippen molar-refractivity contribution in [3.8, 4) is 0 Å². The second-order valence-electron chi connectivity index (χ2n) is 4.48. The predicted octanol–water partition coefficient (Wildman–Crippen LogP) is -4.81. The number of hydrogen-bond donors (Lipinski definition) is 1. The maximum Gasteiger partial charge on any atom is 1.00 e. The summed E-state index contributed by atoms with van der Waals surface area (Å²) >= 11 is 0. The fourth-order valence-corrected chi connectivity index (χ4v) is 2.74. The van der Waals surface area contributed by atoms with Crippen molar-refractivity contribution >= 4 is 22.3 Å². The van der Waals surface area contributed by atoms with E-state index in [2.05, 4.69) is 9.60 Å². The first-order chi connectivity index (χ1) is 9.78. The Bertz CT molecular complexity index is 593. The maximum absolute atomic E-state index is 12.1. The molecular formula is C10H14N3NaO7S. The fraction of sp³-hybridized carbons (Fsp3) is 0.600. The van der Waals surface area contributed by atoms with Crippen LogP contribution in [0.3, 0.4) is 0 Å². The largest absolute Gasteiger partial charge is 1.00 e. The van der Waals surface area contributed by atoms with Gasteiger partial charge in [0.2, 0.25) is 16.3 Å². The van der Waals surface area contributed by atoms with Crippen molar-refractivity contribution in [2.24, 2.45) is 0 Å². The average Bonchev–Trinajstić information content (AvgIpc) is 2.66. The van der Waals surface area contributed by atoms with Gasteiger partial charge in [0.15, 0.2) is 0 Å². The van der Waals surface area contributed by atoms with E-state index in [1.54, 1.807) is 0 Å². The zero-order valence-corrected chi connectivity index (χ0v) is 15.1. The second kappa shape index (κ2) is 7.25. The number of hydrogen-bond acceptors (Lipinski definition) is 7. The van der Waals surface area contributed by atoms with Gasteiger partial charge in [0.05, 0.1) is 19.2 Å². The van der Waals surface area contributed by atoms with Gasteiger partial charge in [-0.2, -0.15) is 9.35 Å². The molecule has 2 rings (SSSR count). The summed E-state index contributed by atoms with van der Waals surface area (Å²) < 4.78 is 41.4. The topological polar surface area (TPSA) is 128 Å². The van der Waals surface area contributed by atoms with Crippen LogP contribution < -0.4 is 34.9 Å². The molecule has 0 aromatic rings. The molecule has 1 N–H and O–H groups in total. The zero-order chi connectivity index (χ0) is 15.8. The Labute approximate surface area is 149 Å². The third-order valence-electron chi connectivity index (χ3n) is 3.22. The molecule has 12 heteroatoms. The number of nitrogens with zero attached hydrogens (tertiary/aromatic N) is 2. The number of nitrogens with one attached hydrogen (secondary N) is 1. The third-order valence-corrected chi connectivity index (χ3v) is 3.56. The quantitative estimate of drug-likeness (QED) is 0.301. The molecule has 2 heterocycles. The summed E-state index contributed by atoms with van der Waals surface area (Å²) in [6, 6.07) is -2.32. The number of fused-ring (bicyclic) bond motifs is 2. The van der Waals surface area contributed by atoms with Crippen LogP contribution in [0.15, 0.2) is 11.6 Å². The van der Waals surface area contributed by atoms with Crippen LogP contribution >= 0.6 is 0 Å². The van der Waals surface area contributed by atoms with Gasteiger partial charge in [-0.05, 0) is 6.08 Å². The Morgan fingerprint density at radius 1 is 1.55 bits per heavy atom. The molecule has 2 aliphatic heterocycles. The van der Waals surface area contributed by atoms with Crippen LogP contribution in [0, 0.1) is 0 Å². The summed E-state index contributed by atoms with van der Waals surface area (Å²) in [6.07, 6.45) is 1.50. The van der Waals surface area contributed by atoms with Crippen molar-refractivity contribution in [2.75, 3.05) is 27.3 Å². The third kappa shape index (κ3) is 3.79. The summed E-state index contributed by atoms with van der Waals surface area (Å²) in [5, 5.41) is 2.81. The van der Waals surface area contributed by atoms with Crippen molar-refractivity contribution < 1.29 is 61.1 Å². The smallest absolute Gasteiger partial charge is 0.724 e. The number of methoxy groups -OCH3 is 1. The van der Waals surface area contributed by atoms with Crippen LogP contribution in [0.1, 0.15) is 0 Å². The zero-order valence-electron chi connectivity index (χ0n) is 12.3. The van der Waals surface area contributed by atoms with E-state index in [-0.39, 0.29) is 48.3 Å². The fourth-order valence-electron chi connectivity index (χ4n) is 2.37. The van der Waals surface area contributed by atoms with Crippen LogP contribution in [0.4, 0.5) is 4.79 Å². The molecule has 22 heavy (non-hydrogen) atoms. The molecule has 2 aliphatic rings. The van der Waals surface area contributed by atoms with E-state index < -0.39 is 34.4 Å². The van der Waals surface area contributed by atoms with E-state index >= 15 is 0 Å². The Hall–Kier alpha value is -0.690. The van der Waals surface area contributed by atoms with Crippen molar-refractivity contribution in [1.29, 1.82) is 0 Å². The molecule has 0 aromatic carbocycles. The van der Waals surface area contributed by atoms with Gasteiger partial charge in [0.25, 0.3) is 0 Å². The van der Waals surface area contributed by atoms with Crippen LogP contribution in [-0.4, -0.2) is 74.3 Å². The van der Waals surface area contributed by atoms with E-state index in [1.165, 1.54) is 25.1 Å². The molecule has 2 atom stereocenters. The van der Waals surface area contributed by atoms with E-state index in [9.17, 15) is 22.6 Å². The van der Waals surface area contributed by atoms with E-state index in [1.807, 2.05) is 0 Å². The van der Waals surface area contributed by atoms with Gasteiger partial charge in [0.1, 0.15) is 6.04 Å². The number of carbonyl (C=O) groups excluding carboxylic acids is 2. The first-order valence-corrected chi connectivity index (χ1v) is 7.29. The van der Waals surface area contributed by atoms with Gasteiger partial charge < -0.3 is 19.5 Å².